The second-order valence-electron chi connectivity index (χ2n) is 5.59. The highest BCUT2D eigenvalue weighted by Gasteiger charge is 2.05. The van der Waals surface area contributed by atoms with Crippen LogP contribution in [0.4, 0.5) is 0 Å². The van der Waals surface area contributed by atoms with Gasteiger partial charge in [0.1, 0.15) is 18.1 Å². The highest BCUT2D eigenvalue weighted by molar-refractivity contribution is 5.79. The molecule has 0 saturated carbocycles. The smallest absolute Gasteiger partial charge is 0.192 e. The number of nitrogens with zero attached hydrogens (tertiary/aromatic N) is 3. The standard InChI is InChI=1S/C19H23N5O/c1-2-20-19(22-13-17-9-6-12-25-17)23-14-18-21-10-11-24(18)15-16-7-4-3-5-8-16/h3-12H,2,13-15H2,1H3,(H2,20,22,23). The maximum atomic E-state index is 5.34. The van der Waals surface area contributed by atoms with Crippen LogP contribution in [0.25, 0.3) is 0 Å². The van der Waals surface area contributed by atoms with Crippen LogP contribution in [0.15, 0.2) is 70.5 Å². The van der Waals surface area contributed by atoms with Crippen LogP contribution in [0.3, 0.4) is 0 Å². The Labute approximate surface area is 147 Å². The van der Waals surface area contributed by atoms with Crippen LogP contribution >= 0.6 is 0 Å². The Balaban J connectivity index is 1.63. The zero-order valence-electron chi connectivity index (χ0n) is 14.4. The van der Waals surface area contributed by atoms with Gasteiger partial charge in [0.15, 0.2) is 5.96 Å². The molecule has 0 aliphatic carbocycles. The lowest BCUT2D eigenvalue weighted by molar-refractivity contribution is 0.501. The number of hydrogen-bond acceptors (Lipinski definition) is 3. The van der Waals surface area contributed by atoms with E-state index in [9.17, 15) is 0 Å². The quantitative estimate of drug-likeness (QED) is 0.514. The highest BCUT2D eigenvalue weighted by atomic mass is 16.3. The van der Waals surface area contributed by atoms with Crippen LogP contribution in [0, 0.1) is 0 Å². The van der Waals surface area contributed by atoms with Gasteiger partial charge < -0.3 is 19.6 Å². The average molecular weight is 337 g/mol. The van der Waals surface area contributed by atoms with Gasteiger partial charge in [0.05, 0.1) is 12.8 Å². The van der Waals surface area contributed by atoms with Crippen molar-refractivity contribution in [3.8, 4) is 0 Å². The molecular formula is C19H23N5O. The third-order valence-electron chi connectivity index (χ3n) is 3.73. The Kier molecular flexibility index (Phi) is 5.87. The van der Waals surface area contributed by atoms with E-state index in [1.807, 2.05) is 49.6 Å². The molecule has 1 aromatic carbocycles. The predicted octanol–water partition coefficient (Wildman–Crippen LogP) is 2.78. The van der Waals surface area contributed by atoms with Crippen LogP contribution in [0.1, 0.15) is 24.1 Å². The van der Waals surface area contributed by atoms with Gasteiger partial charge in [-0.3, -0.25) is 0 Å². The molecule has 2 heterocycles. The summed E-state index contributed by atoms with van der Waals surface area (Å²) in [5, 5.41) is 6.50. The maximum absolute atomic E-state index is 5.34. The Hall–Kier alpha value is -3.02. The lowest BCUT2D eigenvalue weighted by Crippen LogP contribution is -2.36. The summed E-state index contributed by atoms with van der Waals surface area (Å²) in [6.07, 6.45) is 5.47. The molecule has 3 rings (SSSR count). The van der Waals surface area contributed by atoms with Crippen molar-refractivity contribution in [1.29, 1.82) is 0 Å². The number of hydrogen-bond donors (Lipinski definition) is 2. The van der Waals surface area contributed by atoms with Crippen molar-refractivity contribution in [3.63, 3.8) is 0 Å². The second-order valence-corrected chi connectivity index (χ2v) is 5.59. The van der Waals surface area contributed by atoms with Crippen molar-refractivity contribution in [1.82, 2.24) is 20.2 Å². The molecule has 0 spiro atoms. The molecule has 6 heteroatoms. The minimum atomic E-state index is 0.507. The van der Waals surface area contributed by atoms with Gasteiger partial charge in [-0.2, -0.15) is 0 Å². The highest BCUT2D eigenvalue weighted by Crippen LogP contribution is 2.06. The zero-order chi connectivity index (χ0) is 17.3. The third kappa shape index (κ3) is 4.97. The predicted molar refractivity (Wildman–Crippen MR) is 98.1 cm³/mol. The molecule has 0 unspecified atom stereocenters. The third-order valence-corrected chi connectivity index (χ3v) is 3.73. The SMILES string of the molecule is CCNC(=NCc1nccn1Cc1ccccc1)NCc1ccco1. The topological polar surface area (TPSA) is 67.4 Å². The summed E-state index contributed by atoms with van der Waals surface area (Å²) in [5.74, 6) is 2.54. The molecule has 3 aromatic rings. The number of guanidine groups is 1. The molecule has 25 heavy (non-hydrogen) atoms. The van der Waals surface area contributed by atoms with E-state index < -0.39 is 0 Å². The fourth-order valence-electron chi connectivity index (χ4n) is 2.49. The van der Waals surface area contributed by atoms with Crippen LogP contribution in [0.5, 0.6) is 0 Å². The Morgan fingerprint density at radius 2 is 2.04 bits per heavy atom. The fraction of sp³-hybridized carbons (Fsp3) is 0.263. The molecule has 0 radical (unpaired) electrons. The van der Waals surface area contributed by atoms with Crippen molar-refractivity contribution in [2.24, 2.45) is 4.99 Å². The Morgan fingerprint density at radius 3 is 2.80 bits per heavy atom. The first-order chi connectivity index (χ1) is 12.3. The molecule has 0 aliphatic rings. The van der Waals surface area contributed by atoms with E-state index in [0.717, 1.165) is 30.6 Å². The Morgan fingerprint density at radius 1 is 1.16 bits per heavy atom. The molecule has 130 valence electrons. The maximum Gasteiger partial charge on any atom is 0.192 e. The average Bonchev–Trinajstić information content (AvgIpc) is 3.30. The van der Waals surface area contributed by atoms with Crippen LogP contribution in [-0.4, -0.2) is 22.1 Å². The molecule has 0 fully saturated rings. The number of benzene rings is 1. The van der Waals surface area contributed by atoms with Gasteiger partial charge in [0.25, 0.3) is 0 Å². The summed E-state index contributed by atoms with van der Waals surface area (Å²) >= 11 is 0. The summed E-state index contributed by atoms with van der Waals surface area (Å²) in [6, 6.07) is 14.2. The summed E-state index contributed by atoms with van der Waals surface area (Å²) in [5.41, 5.74) is 1.24. The summed E-state index contributed by atoms with van der Waals surface area (Å²) in [6.45, 7) is 4.73. The molecule has 0 saturated heterocycles. The minimum Gasteiger partial charge on any atom is -0.467 e. The van der Waals surface area contributed by atoms with Crippen molar-refractivity contribution in [2.45, 2.75) is 26.6 Å². The summed E-state index contributed by atoms with van der Waals surface area (Å²) < 4.78 is 7.46. The molecule has 2 aromatic heterocycles. The zero-order valence-corrected chi connectivity index (χ0v) is 14.4. The minimum absolute atomic E-state index is 0.507. The first-order valence-corrected chi connectivity index (χ1v) is 8.43. The van der Waals surface area contributed by atoms with Gasteiger partial charge in [0, 0.05) is 25.5 Å². The van der Waals surface area contributed by atoms with Gasteiger partial charge in [-0.05, 0) is 24.6 Å². The van der Waals surface area contributed by atoms with E-state index >= 15 is 0 Å². The number of nitrogens with one attached hydrogen (secondary N) is 2. The lowest BCUT2D eigenvalue weighted by atomic mass is 10.2. The monoisotopic (exact) mass is 337 g/mol. The second kappa shape index (κ2) is 8.73. The largest absolute Gasteiger partial charge is 0.467 e. The van der Waals surface area contributed by atoms with E-state index in [1.165, 1.54) is 5.56 Å². The Bertz CT molecular complexity index is 777. The van der Waals surface area contributed by atoms with E-state index in [0.29, 0.717) is 13.1 Å². The summed E-state index contributed by atoms with van der Waals surface area (Å²) in [4.78, 5) is 9.06. The van der Waals surface area contributed by atoms with Crippen LogP contribution in [-0.2, 0) is 19.6 Å². The van der Waals surface area contributed by atoms with Crippen LogP contribution < -0.4 is 10.6 Å². The first kappa shape index (κ1) is 16.8. The normalized spacial score (nSPS) is 11.5. The molecule has 0 amide bonds. The van der Waals surface area contributed by atoms with Gasteiger partial charge in [0.2, 0.25) is 0 Å². The summed E-state index contributed by atoms with van der Waals surface area (Å²) in [7, 11) is 0. The molecular weight excluding hydrogens is 314 g/mol. The fourth-order valence-corrected chi connectivity index (χ4v) is 2.49. The molecule has 0 aliphatic heterocycles. The first-order valence-electron chi connectivity index (χ1n) is 8.43. The number of aliphatic imine (C=N–C) groups is 1. The van der Waals surface area contributed by atoms with Crippen molar-refractivity contribution < 1.29 is 4.42 Å². The van der Waals surface area contributed by atoms with Crippen molar-refractivity contribution in [2.75, 3.05) is 6.54 Å². The van der Waals surface area contributed by atoms with Gasteiger partial charge in [-0.25, -0.2) is 9.98 Å². The lowest BCUT2D eigenvalue weighted by Gasteiger charge is -2.11. The van der Waals surface area contributed by atoms with Gasteiger partial charge in [-0.15, -0.1) is 0 Å². The van der Waals surface area contributed by atoms with E-state index in [4.69, 9.17) is 4.42 Å². The number of furan rings is 1. The molecule has 2 N–H and O–H groups in total. The number of aromatic nitrogens is 2. The molecule has 0 atom stereocenters. The van der Waals surface area contributed by atoms with Crippen molar-refractivity contribution >= 4 is 5.96 Å². The van der Waals surface area contributed by atoms with Crippen LogP contribution in [0.2, 0.25) is 0 Å². The molecule has 6 nitrogen and oxygen atoms in total. The van der Waals surface area contributed by atoms with Crippen molar-refractivity contribution in [3.05, 3.63) is 78.3 Å². The van der Waals surface area contributed by atoms with Gasteiger partial charge in [-0.1, -0.05) is 30.3 Å². The molecule has 0 bridgehead atoms. The van der Waals surface area contributed by atoms with E-state index in [1.54, 1.807) is 6.26 Å². The van der Waals surface area contributed by atoms with E-state index in [-0.39, 0.29) is 0 Å². The van der Waals surface area contributed by atoms with Gasteiger partial charge >= 0.3 is 0 Å². The number of rotatable bonds is 7. The number of imidazole rings is 1. The van der Waals surface area contributed by atoms with E-state index in [2.05, 4.69) is 37.3 Å².